The molecule has 1 rings (SSSR count). The quantitative estimate of drug-likeness (QED) is 0.640. The predicted octanol–water partition coefficient (Wildman–Crippen LogP) is 4.66. The molecule has 0 heterocycles. The van der Waals surface area contributed by atoms with E-state index in [1.165, 1.54) is 6.92 Å². The van der Waals surface area contributed by atoms with E-state index in [-0.39, 0.29) is 11.6 Å². The van der Waals surface area contributed by atoms with Crippen LogP contribution in [0.4, 0.5) is 26.3 Å². The van der Waals surface area contributed by atoms with Crippen LogP contribution in [0.25, 0.3) is 0 Å². The molecule has 6 heteroatoms. The number of hydrogen-bond donors (Lipinski definition) is 0. The highest BCUT2D eigenvalue weighted by molar-refractivity contribution is 5.35. The van der Waals surface area contributed by atoms with E-state index in [9.17, 15) is 26.3 Å². The summed E-state index contributed by atoms with van der Waals surface area (Å²) in [6.07, 6.45) is -9.60. The van der Waals surface area contributed by atoms with Gasteiger partial charge in [-0.2, -0.15) is 26.3 Å². The normalized spacial score (nSPS) is 13.2. The van der Waals surface area contributed by atoms with Crippen molar-refractivity contribution in [3.8, 4) is 0 Å². The standard InChI is InChI=1S/C11H9F6/c1-6(2)7-3-8(10(12,13)14)5-9(4-7)11(15,16)17/h3-6H,1H2,2H3. The van der Waals surface area contributed by atoms with E-state index in [1.54, 1.807) is 0 Å². The van der Waals surface area contributed by atoms with Gasteiger partial charge in [-0.3, -0.25) is 0 Å². The molecule has 0 amide bonds. The van der Waals surface area contributed by atoms with Gasteiger partial charge in [0.2, 0.25) is 0 Å². The molecule has 0 nitrogen and oxygen atoms in total. The summed E-state index contributed by atoms with van der Waals surface area (Å²) in [5.41, 5.74) is -2.71. The SMILES string of the molecule is [CH2]C(C)c1cc(C(F)(F)F)cc(C(F)(F)F)c1. The summed E-state index contributed by atoms with van der Waals surface area (Å²) < 4.78 is 74.5. The van der Waals surface area contributed by atoms with Crippen LogP contribution >= 0.6 is 0 Å². The van der Waals surface area contributed by atoms with Crippen molar-refractivity contribution in [2.45, 2.75) is 25.2 Å². The first kappa shape index (κ1) is 13.9. The Labute approximate surface area is 94.2 Å². The topological polar surface area (TPSA) is 0 Å². The zero-order chi connectivity index (χ0) is 13.4. The van der Waals surface area contributed by atoms with Gasteiger partial charge in [-0.15, -0.1) is 0 Å². The highest BCUT2D eigenvalue weighted by atomic mass is 19.4. The Balaban J connectivity index is 3.40. The van der Waals surface area contributed by atoms with Gasteiger partial charge in [0, 0.05) is 0 Å². The summed E-state index contributed by atoms with van der Waals surface area (Å²) in [6.45, 7) is 4.85. The lowest BCUT2D eigenvalue weighted by Gasteiger charge is -2.15. The number of halogens is 6. The van der Waals surface area contributed by atoms with Gasteiger partial charge in [-0.1, -0.05) is 6.92 Å². The number of rotatable bonds is 1. The molecule has 0 N–H and O–H groups in total. The molecule has 0 aliphatic carbocycles. The van der Waals surface area contributed by atoms with Gasteiger partial charge in [0.25, 0.3) is 0 Å². The van der Waals surface area contributed by atoms with Crippen LogP contribution in [0.5, 0.6) is 0 Å². The summed E-state index contributed by atoms with van der Waals surface area (Å²) in [6, 6.07) is 1.48. The van der Waals surface area contributed by atoms with Crippen molar-refractivity contribution in [3.05, 3.63) is 41.8 Å². The fourth-order valence-electron chi connectivity index (χ4n) is 1.26. The van der Waals surface area contributed by atoms with Crippen molar-refractivity contribution in [3.63, 3.8) is 0 Å². The smallest absolute Gasteiger partial charge is 0.166 e. The van der Waals surface area contributed by atoms with Crippen LogP contribution in [0, 0.1) is 6.92 Å². The first-order valence-corrected chi connectivity index (χ1v) is 4.64. The second-order valence-corrected chi connectivity index (χ2v) is 3.74. The van der Waals surface area contributed by atoms with E-state index < -0.39 is 29.4 Å². The lowest BCUT2D eigenvalue weighted by atomic mass is 9.97. The first-order valence-electron chi connectivity index (χ1n) is 4.64. The molecule has 17 heavy (non-hydrogen) atoms. The van der Waals surface area contributed by atoms with E-state index >= 15 is 0 Å². The van der Waals surface area contributed by atoms with Crippen LogP contribution in [-0.2, 0) is 12.4 Å². The number of hydrogen-bond acceptors (Lipinski definition) is 0. The summed E-state index contributed by atoms with van der Waals surface area (Å²) >= 11 is 0. The van der Waals surface area contributed by atoms with E-state index in [2.05, 4.69) is 6.92 Å². The fraction of sp³-hybridized carbons (Fsp3) is 0.364. The van der Waals surface area contributed by atoms with Crippen molar-refractivity contribution in [2.24, 2.45) is 0 Å². The maximum atomic E-state index is 12.4. The van der Waals surface area contributed by atoms with Crippen LogP contribution in [0.3, 0.4) is 0 Å². The maximum Gasteiger partial charge on any atom is 0.416 e. The van der Waals surface area contributed by atoms with Crippen molar-refractivity contribution < 1.29 is 26.3 Å². The molecule has 0 bridgehead atoms. The van der Waals surface area contributed by atoms with E-state index in [0.717, 1.165) is 0 Å². The molecular weight excluding hydrogens is 246 g/mol. The molecule has 1 atom stereocenters. The van der Waals surface area contributed by atoms with Gasteiger partial charge >= 0.3 is 12.4 Å². The summed E-state index contributed by atoms with van der Waals surface area (Å²) in [5, 5.41) is 0. The molecular formula is C11H9F6. The summed E-state index contributed by atoms with van der Waals surface area (Å²) in [7, 11) is 0. The van der Waals surface area contributed by atoms with Gasteiger partial charge in [0.1, 0.15) is 0 Å². The average Bonchev–Trinajstić information content (AvgIpc) is 2.14. The molecule has 1 aromatic carbocycles. The summed E-state index contributed by atoms with van der Waals surface area (Å²) in [5.74, 6) is -0.654. The van der Waals surface area contributed by atoms with Crippen LogP contribution in [-0.4, -0.2) is 0 Å². The van der Waals surface area contributed by atoms with E-state index in [1.807, 2.05) is 0 Å². The molecule has 0 saturated heterocycles. The van der Waals surface area contributed by atoms with Crippen LogP contribution in [0.15, 0.2) is 18.2 Å². The van der Waals surface area contributed by atoms with Crippen LogP contribution in [0.1, 0.15) is 29.5 Å². The Hall–Kier alpha value is -1.20. The number of alkyl halides is 6. The zero-order valence-electron chi connectivity index (χ0n) is 8.78. The van der Waals surface area contributed by atoms with Crippen LogP contribution < -0.4 is 0 Å². The Bertz CT molecular complexity index is 367. The molecule has 0 aliphatic heterocycles. The Kier molecular flexibility index (Phi) is 3.45. The molecule has 0 spiro atoms. The Morgan fingerprint density at radius 1 is 0.882 bits per heavy atom. The first-order chi connectivity index (χ1) is 7.51. The van der Waals surface area contributed by atoms with Crippen molar-refractivity contribution in [2.75, 3.05) is 0 Å². The third-order valence-electron chi connectivity index (χ3n) is 2.18. The van der Waals surface area contributed by atoms with Gasteiger partial charge in [-0.25, -0.2) is 0 Å². The molecule has 0 aromatic heterocycles. The largest absolute Gasteiger partial charge is 0.416 e. The molecule has 0 aliphatic rings. The molecule has 1 unspecified atom stereocenters. The van der Waals surface area contributed by atoms with Gasteiger partial charge in [0.05, 0.1) is 11.1 Å². The molecule has 0 fully saturated rings. The monoisotopic (exact) mass is 255 g/mol. The lowest BCUT2D eigenvalue weighted by Crippen LogP contribution is -2.12. The number of benzene rings is 1. The minimum atomic E-state index is -4.80. The minimum Gasteiger partial charge on any atom is -0.166 e. The van der Waals surface area contributed by atoms with Crippen molar-refractivity contribution in [1.29, 1.82) is 0 Å². The molecule has 1 radical (unpaired) electrons. The maximum absolute atomic E-state index is 12.4. The Morgan fingerprint density at radius 2 is 1.24 bits per heavy atom. The predicted molar refractivity (Wildman–Crippen MR) is 50.2 cm³/mol. The third kappa shape index (κ3) is 3.38. The second kappa shape index (κ2) is 4.23. The zero-order valence-corrected chi connectivity index (χ0v) is 8.78. The fourth-order valence-corrected chi connectivity index (χ4v) is 1.26. The third-order valence-corrected chi connectivity index (χ3v) is 2.18. The highest BCUT2D eigenvalue weighted by Crippen LogP contribution is 2.37. The van der Waals surface area contributed by atoms with Gasteiger partial charge in [0.15, 0.2) is 0 Å². The van der Waals surface area contributed by atoms with Gasteiger partial charge < -0.3 is 0 Å². The molecule has 1 aromatic rings. The van der Waals surface area contributed by atoms with Crippen LogP contribution in [0.2, 0.25) is 0 Å². The summed E-state index contributed by atoms with van der Waals surface area (Å²) in [4.78, 5) is 0. The molecule has 0 saturated carbocycles. The van der Waals surface area contributed by atoms with Crippen molar-refractivity contribution in [1.82, 2.24) is 0 Å². The highest BCUT2D eigenvalue weighted by Gasteiger charge is 2.36. The average molecular weight is 255 g/mol. The Morgan fingerprint density at radius 3 is 1.47 bits per heavy atom. The second-order valence-electron chi connectivity index (χ2n) is 3.74. The minimum absolute atomic E-state index is 0.0906. The van der Waals surface area contributed by atoms with Gasteiger partial charge in [-0.05, 0) is 36.6 Å². The lowest BCUT2D eigenvalue weighted by molar-refractivity contribution is -0.143. The van der Waals surface area contributed by atoms with E-state index in [4.69, 9.17) is 0 Å². The van der Waals surface area contributed by atoms with E-state index in [0.29, 0.717) is 12.1 Å². The molecule has 95 valence electrons. The van der Waals surface area contributed by atoms with Crippen molar-refractivity contribution >= 4 is 0 Å².